The quantitative estimate of drug-likeness (QED) is 0.660. The molecule has 0 atom stereocenters. The lowest BCUT2D eigenvalue weighted by Gasteiger charge is -2.27. The third-order valence-corrected chi connectivity index (χ3v) is 6.91. The summed E-state index contributed by atoms with van der Waals surface area (Å²) < 4.78 is 5.41. The standard InChI is InChI=1S/C20H21ClN6O2S/c21-17-16(30-20(24-17)27-7-9-29-10-8-27)12-26-6-3-15-14(11-26)19(28)25-18(23-15)13-1-4-22-5-2-13/h1-2,4-5H,3,6-12H2,(H,23,25,28). The highest BCUT2D eigenvalue weighted by Gasteiger charge is 2.24. The normalized spacial score (nSPS) is 17.2. The summed E-state index contributed by atoms with van der Waals surface area (Å²) in [5.41, 5.74) is 2.37. The lowest BCUT2D eigenvalue weighted by atomic mass is 10.1. The summed E-state index contributed by atoms with van der Waals surface area (Å²) in [7, 11) is 0. The molecule has 30 heavy (non-hydrogen) atoms. The number of hydrogen-bond acceptors (Lipinski definition) is 8. The highest BCUT2D eigenvalue weighted by Crippen LogP contribution is 2.32. The minimum atomic E-state index is -0.0825. The number of nitrogens with one attached hydrogen (secondary N) is 1. The molecule has 5 rings (SSSR count). The maximum absolute atomic E-state index is 12.7. The van der Waals surface area contributed by atoms with E-state index in [4.69, 9.17) is 21.3 Å². The van der Waals surface area contributed by atoms with Gasteiger partial charge in [-0.3, -0.25) is 14.7 Å². The lowest BCUT2D eigenvalue weighted by molar-refractivity contribution is 0.122. The molecule has 5 heterocycles. The number of anilines is 1. The number of rotatable bonds is 4. The second kappa shape index (κ2) is 8.43. The molecule has 0 saturated carbocycles. The van der Waals surface area contributed by atoms with Crippen molar-refractivity contribution in [1.82, 2.24) is 24.8 Å². The number of pyridine rings is 1. The third kappa shape index (κ3) is 3.98. The fraction of sp³-hybridized carbons (Fsp3) is 0.400. The zero-order chi connectivity index (χ0) is 20.5. The number of halogens is 1. The van der Waals surface area contributed by atoms with Crippen LogP contribution in [0.3, 0.4) is 0 Å². The van der Waals surface area contributed by atoms with Crippen LogP contribution in [-0.4, -0.2) is 57.7 Å². The Kier molecular flexibility index (Phi) is 5.51. The molecule has 10 heteroatoms. The van der Waals surface area contributed by atoms with E-state index in [0.717, 1.165) is 52.9 Å². The molecule has 1 saturated heterocycles. The van der Waals surface area contributed by atoms with Crippen molar-refractivity contribution in [3.63, 3.8) is 0 Å². The van der Waals surface area contributed by atoms with Gasteiger partial charge in [0.15, 0.2) is 5.13 Å². The van der Waals surface area contributed by atoms with Crippen molar-refractivity contribution in [2.75, 3.05) is 37.7 Å². The number of H-pyrrole nitrogens is 1. The van der Waals surface area contributed by atoms with Crippen molar-refractivity contribution >= 4 is 28.1 Å². The largest absolute Gasteiger partial charge is 0.378 e. The minimum Gasteiger partial charge on any atom is -0.378 e. The lowest BCUT2D eigenvalue weighted by Crippen LogP contribution is -2.36. The number of nitrogens with zero attached hydrogens (tertiary/aromatic N) is 5. The Bertz CT molecular complexity index is 1100. The molecule has 0 aromatic carbocycles. The summed E-state index contributed by atoms with van der Waals surface area (Å²) in [5, 5.41) is 1.49. The van der Waals surface area contributed by atoms with Crippen molar-refractivity contribution in [2.24, 2.45) is 0 Å². The Balaban J connectivity index is 1.33. The van der Waals surface area contributed by atoms with Gasteiger partial charge in [0, 0.05) is 57.1 Å². The van der Waals surface area contributed by atoms with Crippen LogP contribution in [0.25, 0.3) is 11.4 Å². The minimum absolute atomic E-state index is 0.0825. The van der Waals surface area contributed by atoms with Crippen LogP contribution in [0.2, 0.25) is 5.15 Å². The van der Waals surface area contributed by atoms with Crippen LogP contribution in [-0.2, 0) is 24.2 Å². The Morgan fingerprint density at radius 3 is 2.77 bits per heavy atom. The molecule has 3 aromatic heterocycles. The molecule has 1 fully saturated rings. The summed E-state index contributed by atoms with van der Waals surface area (Å²) in [6.07, 6.45) is 4.12. The van der Waals surface area contributed by atoms with Gasteiger partial charge in [-0.2, -0.15) is 0 Å². The third-order valence-electron chi connectivity index (χ3n) is 5.39. The van der Waals surface area contributed by atoms with Gasteiger partial charge in [0.1, 0.15) is 11.0 Å². The number of ether oxygens (including phenoxy) is 1. The second-order valence-corrected chi connectivity index (χ2v) is 8.77. The first-order chi connectivity index (χ1) is 14.7. The molecule has 2 aliphatic rings. The zero-order valence-corrected chi connectivity index (χ0v) is 17.9. The van der Waals surface area contributed by atoms with Crippen molar-refractivity contribution < 1.29 is 4.74 Å². The maximum atomic E-state index is 12.7. The number of fused-ring (bicyclic) bond motifs is 1. The molecule has 0 spiro atoms. The summed E-state index contributed by atoms with van der Waals surface area (Å²) in [4.78, 5) is 34.4. The molecule has 0 amide bonds. The van der Waals surface area contributed by atoms with E-state index in [0.29, 0.717) is 37.3 Å². The van der Waals surface area contributed by atoms with Gasteiger partial charge >= 0.3 is 0 Å². The molecule has 0 bridgehead atoms. The summed E-state index contributed by atoms with van der Waals surface area (Å²) in [5.74, 6) is 0.593. The smallest absolute Gasteiger partial charge is 0.255 e. The van der Waals surface area contributed by atoms with E-state index in [-0.39, 0.29) is 5.56 Å². The first-order valence-corrected chi connectivity index (χ1v) is 11.1. The van der Waals surface area contributed by atoms with Crippen LogP contribution in [0, 0.1) is 0 Å². The van der Waals surface area contributed by atoms with Crippen molar-refractivity contribution in [3.05, 3.63) is 56.2 Å². The van der Waals surface area contributed by atoms with Crippen LogP contribution < -0.4 is 10.5 Å². The predicted molar refractivity (Wildman–Crippen MR) is 116 cm³/mol. The predicted octanol–water partition coefficient (Wildman–Crippen LogP) is 2.34. The SMILES string of the molecule is O=c1[nH]c(-c2ccncc2)nc2c1CN(Cc1sc(N3CCOCC3)nc1Cl)CC2. The first-order valence-electron chi connectivity index (χ1n) is 9.90. The molecule has 2 aliphatic heterocycles. The highest BCUT2D eigenvalue weighted by atomic mass is 35.5. The van der Waals surface area contributed by atoms with Crippen LogP contribution in [0.4, 0.5) is 5.13 Å². The maximum Gasteiger partial charge on any atom is 0.255 e. The Labute approximate surface area is 182 Å². The highest BCUT2D eigenvalue weighted by molar-refractivity contribution is 7.16. The molecule has 0 radical (unpaired) electrons. The number of aromatic nitrogens is 4. The first kappa shape index (κ1) is 19.6. The van der Waals surface area contributed by atoms with Crippen LogP contribution in [0.1, 0.15) is 16.1 Å². The number of morpholine rings is 1. The molecule has 0 unspecified atom stereocenters. The summed E-state index contributed by atoms with van der Waals surface area (Å²) in [6, 6.07) is 3.69. The van der Waals surface area contributed by atoms with E-state index >= 15 is 0 Å². The van der Waals surface area contributed by atoms with Crippen molar-refractivity contribution in [2.45, 2.75) is 19.5 Å². The average Bonchev–Trinajstić information content (AvgIpc) is 3.15. The van der Waals surface area contributed by atoms with Gasteiger partial charge in [-0.05, 0) is 12.1 Å². The van der Waals surface area contributed by atoms with E-state index in [1.165, 1.54) is 0 Å². The molecule has 8 nitrogen and oxygen atoms in total. The molecule has 3 aromatic rings. The number of thiazole rings is 1. The average molecular weight is 445 g/mol. The number of aromatic amines is 1. The van der Waals surface area contributed by atoms with Gasteiger partial charge in [-0.25, -0.2) is 9.97 Å². The fourth-order valence-electron chi connectivity index (χ4n) is 3.77. The Morgan fingerprint density at radius 2 is 1.97 bits per heavy atom. The zero-order valence-electron chi connectivity index (χ0n) is 16.3. The van der Waals surface area contributed by atoms with E-state index in [2.05, 4.69) is 24.8 Å². The molecular weight excluding hydrogens is 424 g/mol. The van der Waals surface area contributed by atoms with Crippen LogP contribution in [0.5, 0.6) is 0 Å². The van der Waals surface area contributed by atoms with E-state index in [9.17, 15) is 4.79 Å². The van der Waals surface area contributed by atoms with Crippen molar-refractivity contribution in [3.8, 4) is 11.4 Å². The van der Waals surface area contributed by atoms with E-state index in [1.54, 1.807) is 23.7 Å². The topological polar surface area (TPSA) is 87.2 Å². The van der Waals surface area contributed by atoms with Gasteiger partial charge in [-0.15, -0.1) is 0 Å². The van der Waals surface area contributed by atoms with Gasteiger partial charge in [0.05, 0.1) is 29.3 Å². The Morgan fingerprint density at radius 1 is 1.17 bits per heavy atom. The number of hydrogen-bond donors (Lipinski definition) is 1. The van der Waals surface area contributed by atoms with Crippen LogP contribution in [0.15, 0.2) is 29.3 Å². The second-order valence-electron chi connectivity index (χ2n) is 7.35. The molecule has 156 valence electrons. The monoisotopic (exact) mass is 444 g/mol. The fourth-order valence-corrected chi connectivity index (χ4v) is 5.13. The van der Waals surface area contributed by atoms with E-state index in [1.807, 2.05) is 12.1 Å². The van der Waals surface area contributed by atoms with E-state index < -0.39 is 0 Å². The Hall–Kier alpha value is -2.33. The summed E-state index contributed by atoms with van der Waals surface area (Å²) >= 11 is 8.06. The van der Waals surface area contributed by atoms with Gasteiger partial charge < -0.3 is 14.6 Å². The van der Waals surface area contributed by atoms with Crippen molar-refractivity contribution in [1.29, 1.82) is 0 Å². The molecule has 0 aliphatic carbocycles. The van der Waals surface area contributed by atoms with Gasteiger partial charge in [0.25, 0.3) is 5.56 Å². The van der Waals surface area contributed by atoms with Crippen LogP contribution >= 0.6 is 22.9 Å². The molecule has 1 N–H and O–H groups in total. The molecular formula is C20H21ClN6O2S. The summed E-state index contributed by atoms with van der Waals surface area (Å²) in [6.45, 7) is 5.14. The van der Waals surface area contributed by atoms with Gasteiger partial charge in [0.2, 0.25) is 0 Å². The van der Waals surface area contributed by atoms with Gasteiger partial charge in [-0.1, -0.05) is 22.9 Å².